The highest BCUT2D eigenvalue weighted by atomic mass is 32.1. The van der Waals surface area contributed by atoms with Gasteiger partial charge in [-0.25, -0.2) is 0 Å². The van der Waals surface area contributed by atoms with Gasteiger partial charge in [0.05, 0.1) is 44.1 Å². The zero-order chi connectivity index (χ0) is 90.7. The molecule has 0 unspecified atom stereocenters. The lowest BCUT2D eigenvalue weighted by molar-refractivity contribution is 0.669. The molecule has 36 rings (SSSR count). The second-order valence-electron chi connectivity index (χ2n) is 37.5. The van der Waals surface area contributed by atoms with Crippen molar-refractivity contribution < 1.29 is 17.7 Å². The van der Waals surface area contributed by atoms with Crippen molar-refractivity contribution >= 4 is 366 Å². The van der Waals surface area contributed by atoms with Crippen molar-refractivity contribution in [3.63, 3.8) is 0 Å². The molecular formula is C128H68N4O4S4. The highest BCUT2D eigenvalue weighted by molar-refractivity contribution is 7.28. The summed E-state index contributed by atoms with van der Waals surface area (Å²) in [7, 11) is 0. The van der Waals surface area contributed by atoms with Crippen LogP contribution in [-0.2, 0) is 0 Å². The zero-order valence-corrected chi connectivity index (χ0v) is 77.6. The average molecular weight is 1850 g/mol. The van der Waals surface area contributed by atoms with E-state index >= 15 is 0 Å². The summed E-state index contributed by atoms with van der Waals surface area (Å²) >= 11 is 7.53. The summed E-state index contributed by atoms with van der Waals surface area (Å²) < 4.78 is 45.6. The fraction of sp³-hybridized carbons (Fsp3) is 0. The van der Waals surface area contributed by atoms with Crippen molar-refractivity contribution in [2.45, 2.75) is 0 Å². The fourth-order valence-corrected chi connectivity index (χ4v) is 28.8. The van der Waals surface area contributed by atoms with Crippen molar-refractivity contribution in [1.29, 1.82) is 0 Å². The third-order valence-corrected chi connectivity index (χ3v) is 34.9. The Morgan fingerprint density at radius 1 is 0.143 bits per heavy atom. The smallest absolute Gasteiger partial charge is 0.136 e. The highest BCUT2D eigenvalue weighted by Gasteiger charge is 2.27. The molecule has 0 bridgehead atoms. The summed E-state index contributed by atoms with van der Waals surface area (Å²) in [5.74, 6) is 0. The van der Waals surface area contributed by atoms with E-state index in [1.54, 1.807) is 0 Å². The van der Waals surface area contributed by atoms with E-state index in [0.717, 1.165) is 44.7 Å². The first-order chi connectivity index (χ1) is 69.4. The fourth-order valence-electron chi connectivity index (χ4n) is 24.1. The SMILES string of the molecule is c1ccc2c(c1)cn1c3cc4c(cc3c3cc5c(cc3c21)oc1ccccc15)sc1ccccc14.c1ccc2c(c1)cn1c3cc4c(cc3c3cc5oc6ccccc6c5cc3c21)sc1ccccc14.c1ccc2c(c1)cn1c3ccc4c5ccccc5sc4c3c3cc4c(cc3c21)oc1ccccc14.c1ccc2c(c1)cn1c3ccc4c5ccccc5sc4c3c3cc4oc5ccccc5c4cc3c21. The molecule has 0 saturated heterocycles. The Kier molecular flexibility index (Phi) is 15.3. The molecule has 12 heteroatoms. The minimum absolute atomic E-state index is 0.935. The van der Waals surface area contributed by atoms with E-state index in [1.165, 1.54) is 276 Å². The Hall–Kier alpha value is -17.4. The van der Waals surface area contributed by atoms with E-state index in [0.29, 0.717) is 0 Å². The topological polar surface area (TPSA) is 70.2 Å². The summed E-state index contributed by atoms with van der Waals surface area (Å²) in [6, 6.07) is 140. The van der Waals surface area contributed by atoms with Crippen LogP contribution in [0.15, 0.2) is 431 Å². The van der Waals surface area contributed by atoms with Crippen LogP contribution in [-0.4, -0.2) is 17.6 Å². The number of aromatic nitrogens is 4. The lowest BCUT2D eigenvalue weighted by Crippen LogP contribution is -1.90. The molecule has 0 amide bonds. The molecule has 16 heterocycles. The van der Waals surface area contributed by atoms with E-state index in [9.17, 15) is 0 Å². The van der Waals surface area contributed by atoms with Gasteiger partial charge in [0.1, 0.15) is 44.7 Å². The largest absolute Gasteiger partial charge is 0.456 e. The molecule has 0 spiro atoms. The summed E-state index contributed by atoms with van der Waals surface area (Å²) in [5, 5.41) is 45.3. The number of furan rings is 4. The second-order valence-corrected chi connectivity index (χ2v) is 41.8. The van der Waals surface area contributed by atoms with Gasteiger partial charge < -0.3 is 35.3 Å². The molecule has 0 radical (unpaired) electrons. The highest BCUT2D eigenvalue weighted by Crippen LogP contribution is 2.52. The van der Waals surface area contributed by atoms with Crippen LogP contribution >= 0.6 is 45.3 Å². The monoisotopic (exact) mass is 1850 g/mol. The van der Waals surface area contributed by atoms with Gasteiger partial charge in [0.15, 0.2) is 0 Å². The number of benzene rings is 20. The molecule has 0 aliphatic carbocycles. The molecule has 20 aromatic carbocycles. The van der Waals surface area contributed by atoms with E-state index in [2.05, 4.69) is 406 Å². The van der Waals surface area contributed by atoms with E-state index in [1.807, 2.05) is 69.6 Å². The Balaban J connectivity index is 0.0000000829. The average Bonchev–Trinajstić information content (AvgIpc) is 1.60. The molecule has 0 N–H and O–H groups in total. The predicted molar refractivity (Wildman–Crippen MR) is 600 cm³/mol. The standard InChI is InChI=1S/4C32H17NOS/c1-2-8-19-18(7-1)17-33-27-14-25-21-10-4-6-12-30(21)35-31(25)16-23(27)22-15-29-24(13-26(22)32(19)33)20-9-3-5-11-28(20)34-29;1-2-8-19-18(7-1)17-33-27-14-25-21-10-4-6-12-30(21)35-31(25)16-23(27)22-13-24-20-9-3-5-11-28(20)34-29(24)15-26(22)32(19)33;1-2-8-19-18(7-1)17-33-26-14-13-22-21-10-4-6-12-29(21)35-32(22)30(26)24-16-28-23(15-25(24)31(19)33)20-9-3-5-11-27(20)34-28;1-2-8-19-18(7-1)17-33-26-14-13-22-21-10-4-6-12-29(21)35-32(22)30(26)24-15-23-20-9-3-5-11-27(20)34-28(23)16-25(24)31(19)33/h4*1-17H. The Labute approximate surface area is 807 Å². The molecule has 0 atom stereocenters. The normalized spacial score (nSPS) is 12.6. The molecule has 8 nitrogen and oxygen atoms in total. The number of hydrogen-bond acceptors (Lipinski definition) is 8. The van der Waals surface area contributed by atoms with Gasteiger partial charge in [0.25, 0.3) is 0 Å². The maximum absolute atomic E-state index is 6.36. The molecule has 0 aliphatic rings. The maximum Gasteiger partial charge on any atom is 0.136 e. The first-order valence-electron chi connectivity index (χ1n) is 47.4. The molecule has 0 saturated carbocycles. The number of pyridine rings is 4. The number of fused-ring (bicyclic) bond motifs is 58. The Morgan fingerprint density at radius 2 is 0.400 bits per heavy atom. The Morgan fingerprint density at radius 3 is 0.779 bits per heavy atom. The van der Waals surface area contributed by atoms with E-state index in [-0.39, 0.29) is 0 Å². The van der Waals surface area contributed by atoms with Crippen molar-refractivity contribution in [2.75, 3.05) is 0 Å². The first kappa shape index (κ1) is 75.9. The molecule has 648 valence electrons. The molecule has 16 aromatic heterocycles. The van der Waals surface area contributed by atoms with E-state index < -0.39 is 0 Å². The Bertz CT molecular complexity index is 12000. The minimum atomic E-state index is 0.935. The van der Waals surface area contributed by atoms with Crippen molar-refractivity contribution in [2.24, 2.45) is 0 Å². The van der Waals surface area contributed by atoms with Crippen LogP contribution < -0.4 is 0 Å². The van der Waals surface area contributed by atoms with Crippen LogP contribution in [0, 0.1) is 0 Å². The summed E-state index contributed by atoms with van der Waals surface area (Å²) in [6.45, 7) is 0. The zero-order valence-electron chi connectivity index (χ0n) is 74.3. The molecular weight excluding hydrogens is 1790 g/mol. The van der Waals surface area contributed by atoms with Gasteiger partial charge in [0, 0.05) is 235 Å². The van der Waals surface area contributed by atoms with Crippen molar-refractivity contribution in [3.8, 4) is 0 Å². The summed E-state index contributed by atoms with van der Waals surface area (Å²) in [4.78, 5) is 0. The third kappa shape index (κ3) is 10.5. The van der Waals surface area contributed by atoms with Crippen molar-refractivity contribution in [3.05, 3.63) is 413 Å². The lowest BCUT2D eigenvalue weighted by Gasteiger charge is -2.11. The van der Waals surface area contributed by atoms with Crippen LogP contribution in [0.1, 0.15) is 0 Å². The number of para-hydroxylation sites is 4. The van der Waals surface area contributed by atoms with Crippen LogP contribution in [0.4, 0.5) is 0 Å². The lowest BCUT2D eigenvalue weighted by atomic mass is 9.99. The summed E-state index contributed by atoms with van der Waals surface area (Å²) in [5.41, 5.74) is 17.5. The number of hydrogen-bond donors (Lipinski definition) is 0. The van der Waals surface area contributed by atoms with Crippen molar-refractivity contribution in [1.82, 2.24) is 17.6 Å². The minimum Gasteiger partial charge on any atom is -0.456 e. The van der Waals surface area contributed by atoms with Crippen LogP contribution in [0.5, 0.6) is 0 Å². The van der Waals surface area contributed by atoms with Gasteiger partial charge in [-0.1, -0.05) is 255 Å². The number of thiophene rings is 4. The van der Waals surface area contributed by atoms with Crippen LogP contribution in [0.3, 0.4) is 0 Å². The second kappa shape index (κ2) is 28.2. The first-order valence-corrected chi connectivity index (χ1v) is 50.7. The van der Waals surface area contributed by atoms with Gasteiger partial charge in [-0.3, -0.25) is 0 Å². The number of rotatable bonds is 0. The quantitative estimate of drug-likeness (QED) is 0.142. The molecule has 140 heavy (non-hydrogen) atoms. The van der Waals surface area contributed by atoms with Gasteiger partial charge >= 0.3 is 0 Å². The van der Waals surface area contributed by atoms with Crippen LogP contribution in [0.2, 0.25) is 0 Å². The summed E-state index contributed by atoms with van der Waals surface area (Å²) in [6.07, 6.45) is 9.16. The van der Waals surface area contributed by atoms with Gasteiger partial charge in [-0.05, 0) is 155 Å². The maximum atomic E-state index is 6.36. The van der Waals surface area contributed by atoms with Gasteiger partial charge in [0.2, 0.25) is 0 Å². The molecule has 36 aromatic rings. The van der Waals surface area contributed by atoms with Crippen LogP contribution in [0.25, 0.3) is 320 Å². The third-order valence-electron chi connectivity index (χ3n) is 30.2. The predicted octanol–water partition coefficient (Wildman–Crippen LogP) is 38.7. The van der Waals surface area contributed by atoms with E-state index in [4.69, 9.17) is 17.7 Å². The molecule has 0 aliphatic heterocycles. The van der Waals surface area contributed by atoms with Gasteiger partial charge in [-0.15, -0.1) is 45.3 Å². The van der Waals surface area contributed by atoms with Gasteiger partial charge in [-0.2, -0.15) is 0 Å². The molecule has 0 fully saturated rings. The number of nitrogens with zero attached hydrogens (tertiary/aromatic N) is 4.